The highest BCUT2D eigenvalue weighted by atomic mass is 19.1. The largest absolute Gasteiger partial charge is 0.493 e. The van der Waals surface area contributed by atoms with Crippen molar-refractivity contribution in [2.45, 2.75) is 26.4 Å². The summed E-state index contributed by atoms with van der Waals surface area (Å²) in [6.07, 6.45) is 3.69. The second-order valence-electron chi connectivity index (χ2n) is 6.56. The van der Waals surface area contributed by atoms with Gasteiger partial charge in [-0.05, 0) is 50.3 Å². The summed E-state index contributed by atoms with van der Waals surface area (Å²) in [7, 11) is 0. The molecule has 152 valence electrons. The molecule has 0 saturated heterocycles. The third kappa shape index (κ3) is 5.57. The van der Waals surface area contributed by atoms with E-state index >= 15 is 0 Å². The van der Waals surface area contributed by atoms with E-state index in [-0.39, 0.29) is 11.8 Å². The molecule has 0 aliphatic carbocycles. The van der Waals surface area contributed by atoms with Gasteiger partial charge in [0.2, 0.25) is 0 Å². The molecule has 0 radical (unpaired) electrons. The zero-order valence-corrected chi connectivity index (χ0v) is 16.2. The molecule has 0 bridgehead atoms. The number of carbonyl (C=O) groups excluding carboxylic acids is 2. The van der Waals surface area contributed by atoms with Gasteiger partial charge < -0.3 is 19.5 Å². The number of ether oxygens (including phenoxy) is 3. The van der Waals surface area contributed by atoms with Crippen LogP contribution < -0.4 is 14.8 Å². The molecule has 1 N–H and O–H groups in total. The average molecular weight is 399 g/mol. The fourth-order valence-corrected chi connectivity index (χ4v) is 2.97. The number of fused-ring (bicyclic) bond motifs is 1. The normalized spacial score (nSPS) is 14.9. The van der Waals surface area contributed by atoms with Crippen LogP contribution >= 0.6 is 0 Å². The molecule has 0 saturated carbocycles. The average Bonchev–Trinajstić information content (AvgIpc) is 3.03. The van der Waals surface area contributed by atoms with Crippen LogP contribution in [0.15, 0.2) is 42.5 Å². The van der Waals surface area contributed by atoms with Gasteiger partial charge in [0.25, 0.3) is 5.91 Å². The van der Waals surface area contributed by atoms with Gasteiger partial charge in [-0.2, -0.15) is 0 Å². The van der Waals surface area contributed by atoms with Crippen molar-refractivity contribution in [2.75, 3.05) is 18.5 Å². The van der Waals surface area contributed by atoms with Crippen LogP contribution in [0.3, 0.4) is 0 Å². The molecule has 2 aromatic rings. The Morgan fingerprint density at radius 3 is 2.90 bits per heavy atom. The zero-order valence-electron chi connectivity index (χ0n) is 16.2. The molecule has 0 aromatic heterocycles. The molecule has 0 fully saturated rings. The molecule has 1 aliphatic heterocycles. The molecule has 0 spiro atoms. The summed E-state index contributed by atoms with van der Waals surface area (Å²) in [6, 6.07) is 9.18. The SMILES string of the molecule is CCOc1cc2c(cc1/C=C/C(=O)OCC(=O)Nc1cccc(F)c1)O[C@@H](C)C2. The molecule has 7 heteroatoms. The summed E-state index contributed by atoms with van der Waals surface area (Å²) < 4.78 is 29.5. The lowest BCUT2D eigenvalue weighted by molar-refractivity contribution is -0.142. The Labute approximate surface area is 168 Å². The molecule has 6 nitrogen and oxygen atoms in total. The minimum absolute atomic E-state index is 0.0975. The summed E-state index contributed by atoms with van der Waals surface area (Å²) in [5.74, 6) is -0.301. The third-order valence-corrected chi connectivity index (χ3v) is 4.18. The lowest BCUT2D eigenvalue weighted by Gasteiger charge is -2.10. The van der Waals surface area contributed by atoms with Gasteiger partial charge >= 0.3 is 5.97 Å². The summed E-state index contributed by atoms with van der Waals surface area (Å²) >= 11 is 0. The summed E-state index contributed by atoms with van der Waals surface area (Å²) in [5.41, 5.74) is 2.03. The molecule has 29 heavy (non-hydrogen) atoms. The van der Waals surface area contributed by atoms with Crippen molar-refractivity contribution in [3.63, 3.8) is 0 Å². The Morgan fingerprint density at radius 2 is 2.14 bits per heavy atom. The van der Waals surface area contributed by atoms with E-state index in [1.54, 1.807) is 6.08 Å². The van der Waals surface area contributed by atoms with Crippen molar-refractivity contribution in [1.82, 2.24) is 0 Å². The minimum atomic E-state index is -0.684. The lowest BCUT2D eigenvalue weighted by Crippen LogP contribution is -2.20. The van der Waals surface area contributed by atoms with Crippen molar-refractivity contribution >= 4 is 23.6 Å². The third-order valence-electron chi connectivity index (χ3n) is 4.18. The van der Waals surface area contributed by atoms with Crippen LogP contribution in [0.5, 0.6) is 11.5 Å². The van der Waals surface area contributed by atoms with Crippen molar-refractivity contribution < 1.29 is 28.2 Å². The predicted octanol–water partition coefficient (Wildman–Crippen LogP) is 3.74. The van der Waals surface area contributed by atoms with Gasteiger partial charge in [-0.3, -0.25) is 4.79 Å². The number of nitrogens with one attached hydrogen (secondary N) is 1. The first-order valence-corrected chi connectivity index (χ1v) is 9.31. The molecule has 1 aliphatic rings. The van der Waals surface area contributed by atoms with Crippen molar-refractivity contribution in [2.24, 2.45) is 0 Å². The monoisotopic (exact) mass is 399 g/mol. The van der Waals surface area contributed by atoms with Gasteiger partial charge in [-0.1, -0.05) is 6.07 Å². The smallest absolute Gasteiger partial charge is 0.331 e. The number of hydrogen-bond acceptors (Lipinski definition) is 5. The van der Waals surface area contributed by atoms with Crippen LogP contribution in [0.1, 0.15) is 25.0 Å². The van der Waals surface area contributed by atoms with Crippen LogP contribution in [0.25, 0.3) is 6.08 Å². The van der Waals surface area contributed by atoms with Crippen molar-refractivity contribution in [1.29, 1.82) is 0 Å². The van der Waals surface area contributed by atoms with Crippen molar-refractivity contribution in [3.8, 4) is 11.5 Å². The molecule has 1 amide bonds. The zero-order chi connectivity index (χ0) is 20.8. The number of amides is 1. The highest BCUT2D eigenvalue weighted by Gasteiger charge is 2.21. The van der Waals surface area contributed by atoms with Crippen LogP contribution in [0.4, 0.5) is 10.1 Å². The predicted molar refractivity (Wildman–Crippen MR) is 106 cm³/mol. The number of anilines is 1. The first-order valence-electron chi connectivity index (χ1n) is 9.31. The van der Waals surface area contributed by atoms with Crippen molar-refractivity contribution in [3.05, 3.63) is 59.4 Å². The Hall–Kier alpha value is -3.35. The highest BCUT2D eigenvalue weighted by molar-refractivity contribution is 5.94. The van der Waals surface area contributed by atoms with Gasteiger partial charge in [0.15, 0.2) is 6.61 Å². The Morgan fingerprint density at radius 1 is 1.31 bits per heavy atom. The number of carbonyl (C=O) groups is 2. The van der Waals surface area contributed by atoms with Crippen LogP contribution in [0.2, 0.25) is 0 Å². The van der Waals surface area contributed by atoms with Gasteiger partial charge in [-0.15, -0.1) is 0 Å². The van der Waals surface area contributed by atoms with Gasteiger partial charge in [0, 0.05) is 29.3 Å². The highest BCUT2D eigenvalue weighted by Crippen LogP contribution is 2.35. The Balaban J connectivity index is 1.59. The summed E-state index contributed by atoms with van der Waals surface area (Å²) in [4.78, 5) is 23.8. The van der Waals surface area contributed by atoms with Gasteiger partial charge in [-0.25, -0.2) is 9.18 Å². The second kappa shape index (κ2) is 9.23. The Kier molecular flexibility index (Phi) is 6.49. The van der Waals surface area contributed by atoms with E-state index in [0.717, 1.165) is 17.7 Å². The number of esters is 1. The van der Waals surface area contributed by atoms with E-state index in [2.05, 4.69) is 5.32 Å². The number of benzene rings is 2. The second-order valence-corrected chi connectivity index (χ2v) is 6.56. The fourth-order valence-electron chi connectivity index (χ4n) is 2.97. The molecule has 1 heterocycles. The lowest BCUT2D eigenvalue weighted by atomic mass is 10.1. The maximum absolute atomic E-state index is 13.1. The molecular formula is C22H22FNO5. The quantitative estimate of drug-likeness (QED) is 0.567. The molecule has 1 atom stereocenters. The van der Waals surface area contributed by atoms with Crippen LogP contribution in [-0.2, 0) is 20.7 Å². The van der Waals surface area contributed by atoms with E-state index in [4.69, 9.17) is 14.2 Å². The molecule has 0 unspecified atom stereocenters. The van der Waals surface area contributed by atoms with E-state index in [1.165, 1.54) is 30.3 Å². The fraction of sp³-hybridized carbons (Fsp3) is 0.273. The van der Waals surface area contributed by atoms with Crippen LogP contribution in [-0.4, -0.2) is 31.2 Å². The molecule has 2 aromatic carbocycles. The topological polar surface area (TPSA) is 73.9 Å². The van der Waals surface area contributed by atoms with E-state index in [9.17, 15) is 14.0 Å². The standard InChI is InChI=1S/C22H22FNO5/c1-3-27-19-11-16-9-14(2)29-20(16)10-15(19)7-8-22(26)28-13-21(25)24-18-6-4-5-17(23)12-18/h4-8,10-12,14H,3,9,13H2,1-2H3,(H,24,25)/b8-7+/t14-/m0/s1. The maximum Gasteiger partial charge on any atom is 0.331 e. The summed E-state index contributed by atoms with van der Waals surface area (Å²) in [5, 5.41) is 2.45. The van der Waals surface area contributed by atoms with Crippen LogP contribution in [0, 0.1) is 5.82 Å². The minimum Gasteiger partial charge on any atom is -0.493 e. The van der Waals surface area contributed by atoms with E-state index in [0.29, 0.717) is 17.9 Å². The number of hydrogen-bond donors (Lipinski definition) is 1. The maximum atomic E-state index is 13.1. The first kappa shape index (κ1) is 20.4. The summed E-state index contributed by atoms with van der Waals surface area (Å²) in [6.45, 7) is 3.87. The number of halogens is 1. The first-order chi connectivity index (χ1) is 13.9. The van der Waals surface area contributed by atoms with E-state index < -0.39 is 24.3 Å². The van der Waals surface area contributed by atoms with Gasteiger partial charge in [0.05, 0.1) is 6.61 Å². The molecular weight excluding hydrogens is 377 g/mol. The molecule has 3 rings (SSSR count). The Bertz CT molecular complexity index is 941. The van der Waals surface area contributed by atoms with Gasteiger partial charge in [0.1, 0.15) is 23.4 Å². The van der Waals surface area contributed by atoms with E-state index in [1.807, 2.05) is 26.0 Å². The number of rotatable bonds is 7.